The second-order valence-electron chi connectivity index (χ2n) is 9.02. The molecule has 1 fully saturated rings. The van der Waals surface area contributed by atoms with Crippen molar-refractivity contribution < 1.29 is 14.0 Å². The van der Waals surface area contributed by atoms with Crippen molar-refractivity contribution >= 4 is 11.8 Å². The van der Waals surface area contributed by atoms with Gasteiger partial charge in [-0.25, -0.2) is 4.39 Å². The van der Waals surface area contributed by atoms with E-state index in [4.69, 9.17) is 0 Å². The number of carbonyl (C=O) groups excluding carboxylic acids is 2. The van der Waals surface area contributed by atoms with Crippen LogP contribution in [0.4, 0.5) is 4.39 Å². The lowest BCUT2D eigenvalue weighted by atomic mass is 9.71. The van der Waals surface area contributed by atoms with Crippen LogP contribution in [0.5, 0.6) is 0 Å². The summed E-state index contributed by atoms with van der Waals surface area (Å²) in [5, 5.41) is 2.98. The van der Waals surface area contributed by atoms with Crippen molar-refractivity contribution in [3.63, 3.8) is 0 Å². The summed E-state index contributed by atoms with van der Waals surface area (Å²) in [7, 11) is 0. The van der Waals surface area contributed by atoms with E-state index in [-0.39, 0.29) is 24.2 Å². The van der Waals surface area contributed by atoms with Gasteiger partial charge in [-0.05, 0) is 36.1 Å². The molecule has 4 nitrogen and oxygen atoms in total. The van der Waals surface area contributed by atoms with Crippen molar-refractivity contribution in [1.29, 1.82) is 0 Å². The molecule has 1 heterocycles. The van der Waals surface area contributed by atoms with Crippen LogP contribution in [0.3, 0.4) is 0 Å². The van der Waals surface area contributed by atoms with E-state index in [1.54, 1.807) is 18.2 Å². The lowest BCUT2D eigenvalue weighted by molar-refractivity contribution is -0.126. The molecular weight excluding hydrogens is 415 g/mol. The summed E-state index contributed by atoms with van der Waals surface area (Å²) >= 11 is 0. The Labute approximate surface area is 193 Å². The lowest BCUT2D eigenvalue weighted by Gasteiger charge is -2.50. The number of nitrogens with zero attached hydrogens (tertiary/aromatic N) is 1. The van der Waals surface area contributed by atoms with E-state index < -0.39 is 11.5 Å². The van der Waals surface area contributed by atoms with Crippen molar-refractivity contribution in [2.75, 3.05) is 0 Å². The molecule has 1 spiro atoms. The van der Waals surface area contributed by atoms with Gasteiger partial charge < -0.3 is 10.2 Å². The first-order valence-electron chi connectivity index (χ1n) is 11.6. The number of hydrogen-bond acceptors (Lipinski definition) is 2. The number of hydrogen-bond donors (Lipinski definition) is 1. The maximum absolute atomic E-state index is 14.2. The second-order valence-corrected chi connectivity index (χ2v) is 9.02. The van der Waals surface area contributed by atoms with Gasteiger partial charge >= 0.3 is 0 Å². The van der Waals surface area contributed by atoms with E-state index >= 15 is 0 Å². The fourth-order valence-corrected chi connectivity index (χ4v) is 5.59. The van der Waals surface area contributed by atoms with Gasteiger partial charge in [-0.3, -0.25) is 9.59 Å². The summed E-state index contributed by atoms with van der Waals surface area (Å²) in [6.07, 6.45) is 3.49. The molecule has 2 aliphatic rings. The molecule has 1 aliphatic carbocycles. The van der Waals surface area contributed by atoms with Gasteiger partial charge in [-0.15, -0.1) is 0 Å². The first-order valence-corrected chi connectivity index (χ1v) is 11.6. The third-order valence-electron chi connectivity index (χ3n) is 7.15. The molecule has 1 N–H and O–H groups in total. The molecule has 5 rings (SSSR count). The van der Waals surface area contributed by atoms with E-state index in [9.17, 15) is 14.0 Å². The summed E-state index contributed by atoms with van der Waals surface area (Å²) in [4.78, 5) is 29.4. The number of nitrogens with one attached hydrogen (secondary N) is 1. The summed E-state index contributed by atoms with van der Waals surface area (Å²) in [5.41, 5.74) is 2.27. The number of rotatable bonds is 5. The van der Waals surface area contributed by atoms with Gasteiger partial charge in [0.15, 0.2) is 0 Å². The molecule has 0 unspecified atom stereocenters. The van der Waals surface area contributed by atoms with E-state index in [0.29, 0.717) is 17.7 Å². The molecule has 2 amide bonds. The van der Waals surface area contributed by atoms with Crippen LogP contribution in [-0.2, 0) is 17.9 Å². The van der Waals surface area contributed by atoms with E-state index in [1.807, 2.05) is 59.5 Å². The van der Waals surface area contributed by atoms with Gasteiger partial charge in [0.25, 0.3) is 5.91 Å². The summed E-state index contributed by atoms with van der Waals surface area (Å²) in [6.45, 7) is 0.581. The molecule has 168 valence electrons. The number of fused-ring (bicyclic) bond motifs is 1. The number of carbonyl (C=O) groups is 2. The Morgan fingerprint density at radius 3 is 2.36 bits per heavy atom. The van der Waals surface area contributed by atoms with Gasteiger partial charge in [0, 0.05) is 24.2 Å². The minimum absolute atomic E-state index is 0.0190. The fourth-order valence-electron chi connectivity index (χ4n) is 5.59. The van der Waals surface area contributed by atoms with Crippen LogP contribution in [0.15, 0.2) is 78.9 Å². The predicted molar refractivity (Wildman–Crippen MR) is 125 cm³/mol. The molecule has 0 saturated heterocycles. The average molecular weight is 443 g/mol. The molecule has 0 aromatic heterocycles. The first kappa shape index (κ1) is 21.4. The van der Waals surface area contributed by atoms with E-state index in [2.05, 4.69) is 5.32 Å². The highest BCUT2D eigenvalue weighted by atomic mass is 19.1. The van der Waals surface area contributed by atoms with Crippen LogP contribution >= 0.6 is 0 Å². The van der Waals surface area contributed by atoms with Crippen LogP contribution in [0.1, 0.15) is 58.6 Å². The Hall–Kier alpha value is -3.47. The fraction of sp³-hybridized carbons (Fsp3) is 0.286. The molecule has 0 bridgehead atoms. The smallest absolute Gasteiger partial charge is 0.254 e. The van der Waals surface area contributed by atoms with Gasteiger partial charge in [0.1, 0.15) is 5.82 Å². The number of benzene rings is 3. The molecule has 0 radical (unpaired) electrons. The Morgan fingerprint density at radius 2 is 1.61 bits per heavy atom. The van der Waals surface area contributed by atoms with Gasteiger partial charge in [-0.2, -0.15) is 0 Å². The molecular formula is C28H27FN2O2. The van der Waals surface area contributed by atoms with Crippen molar-refractivity contribution in [2.45, 2.75) is 50.2 Å². The third-order valence-corrected chi connectivity index (χ3v) is 7.15. The van der Waals surface area contributed by atoms with Crippen molar-refractivity contribution in [2.24, 2.45) is 0 Å². The molecule has 3 aromatic rings. The zero-order valence-electron chi connectivity index (χ0n) is 18.5. The highest BCUT2D eigenvalue weighted by Gasteiger charge is 2.55. The van der Waals surface area contributed by atoms with Crippen LogP contribution in [-0.4, -0.2) is 22.3 Å². The van der Waals surface area contributed by atoms with Crippen LogP contribution in [0.25, 0.3) is 0 Å². The van der Waals surface area contributed by atoms with E-state index in [0.717, 1.165) is 36.8 Å². The second kappa shape index (κ2) is 8.81. The average Bonchev–Trinajstić information content (AvgIpc) is 3.32. The Morgan fingerprint density at radius 1 is 0.939 bits per heavy atom. The molecule has 1 atom stereocenters. The topological polar surface area (TPSA) is 49.4 Å². The summed E-state index contributed by atoms with van der Waals surface area (Å²) in [6, 6.07) is 23.9. The molecule has 3 aromatic carbocycles. The zero-order chi connectivity index (χ0) is 22.8. The van der Waals surface area contributed by atoms with Gasteiger partial charge in [0.2, 0.25) is 5.91 Å². The standard InChI is InChI=1S/C28H27FN2O2/c29-24-15-7-4-12-21(24)18-30-26(32)25-22-13-5-6-14-23(22)27(33)31(28(25)16-8-9-17-28)19-20-10-2-1-3-11-20/h1-7,10-15,25H,8-9,16-19H2,(H,30,32)/t25-/m0/s1. The highest BCUT2D eigenvalue weighted by molar-refractivity contribution is 6.02. The molecule has 33 heavy (non-hydrogen) atoms. The Bertz CT molecular complexity index is 1170. The summed E-state index contributed by atoms with van der Waals surface area (Å²) < 4.78 is 14.2. The molecule has 1 aliphatic heterocycles. The number of halogens is 1. The summed E-state index contributed by atoms with van der Waals surface area (Å²) in [5.74, 6) is -1.00. The van der Waals surface area contributed by atoms with Crippen LogP contribution in [0, 0.1) is 5.82 Å². The first-order chi connectivity index (χ1) is 16.1. The van der Waals surface area contributed by atoms with Crippen LogP contribution < -0.4 is 5.32 Å². The number of amides is 2. The molecule has 1 saturated carbocycles. The minimum atomic E-state index is -0.583. The van der Waals surface area contributed by atoms with Crippen molar-refractivity contribution in [1.82, 2.24) is 10.2 Å². The predicted octanol–water partition coefficient (Wildman–Crippen LogP) is 5.19. The van der Waals surface area contributed by atoms with Gasteiger partial charge in [0.05, 0.1) is 11.5 Å². The van der Waals surface area contributed by atoms with Gasteiger partial charge in [-0.1, -0.05) is 79.6 Å². The largest absolute Gasteiger partial charge is 0.351 e. The van der Waals surface area contributed by atoms with Crippen molar-refractivity contribution in [3.05, 3.63) is 107 Å². The third kappa shape index (κ3) is 3.82. The minimum Gasteiger partial charge on any atom is -0.351 e. The molecule has 5 heteroatoms. The zero-order valence-corrected chi connectivity index (χ0v) is 18.5. The normalized spacial score (nSPS) is 18.9. The SMILES string of the molecule is O=C(NCc1ccccc1F)[C@@H]1c2ccccc2C(=O)N(Cc2ccccc2)C12CCCC2. The maximum Gasteiger partial charge on any atom is 0.254 e. The van der Waals surface area contributed by atoms with Crippen molar-refractivity contribution in [3.8, 4) is 0 Å². The monoisotopic (exact) mass is 442 g/mol. The van der Waals surface area contributed by atoms with E-state index in [1.165, 1.54) is 6.07 Å². The quantitative estimate of drug-likeness (QED) is 0.591. The maximum atomic E-state index is 14.2. The van der Waals surface area contributed by atoms with Crippen LogP contribution in [0.2, 0.25) is 0 Å². The Kier molecular flexibility index (Phi) is 5.71. The highest BCUT2D eigenvalue weighted by Crippen LogP contribution is 2.50. The lowest BCUT2D eigenvalue weighted by Crippen LogP contribution is -2.60. The Balaban J connectivity index is 1.54.